The quantitative estimate of drug-likeness (QED) is 0.729. The lowest BCUT2D eigenvalue weighted by atomic mass is 10.2. The first-order chi connectivity index (χ1) is 7.79. The molecule has 0 spiro atoms. The number of hydrogen-bond donors (Lipinski definition) is 0. The normalized spacial score (nSPS) is 14.3. The number of rotatable bonds is 1. The van der Waals surface area contributed by atoms with Crippen molar-refractivity contribution in [3.63, 3.8) is 0 Å². The molecule has 1 aliphatic heterocycles. The Kier molecular flexibility index (Phi) is 4.96. The fraction of sp³-hybridized carbons (Fsp3) is 0.538. The van der Waals surface area contributed by atoms with Crippen LogP contribution >= 0.6 is 0 Å². The second-order valence-electron chi connectivity index (χ2n) is 3.64. The van der Waals surface area contributed by atoms with E-state index in [0.717, 1.165) is 37.2 Å². The predicted molar refractivity (Wildman–Crippen MR) is 65.5 cm³/mol. The molecule has 88 valence electrons. The highest BCUT2D eigenvalue weighted by molar-refractivity contribution is 5.95. The second kappa shape index (κ2) is 6.26. The highest BCUT2D eigenvalue weighted by Gasteiger charge is 2.20. The van der Waals surface area contributed by atoms with Crippen LogP contribution in [0.5, 0.6) is 0 Å². The first-order valence-corrected chi connectivity index (χ1v) is 6.00. The van der Waals surface area contributed by atoms with E-state index in [0.29, 0.717) is 0 Å². The van der Waals surface area contributed by atoms with E-state index in [2.05, 4.69) is 4.98 Å². The van der Waals surface area contributed by atoms with Gasteiger partial charge in [-0.2, -0.15) is 0 Å². The van der Waals surface area contributed by atoms with Crippen LogP contribution in [0.4, 0.5) is 0 Å². The van der Waals surface area contributed by atoms with Crippen LogP contribution in [0.2, 0.25) is 0 Å². The summed E-state index contributed by atoms with van der Waals surface area (Å²) in [7, 11) is 0. The third kappa shape index (κ3) is 2.81. The molecular weight excluding hydrogens is 200 g/mol. The zero-order valence-corrected chi connectivity index (χ0v) is 10.4. The van der Waals surface area contributed by atoms with Crippen molar-refractivity contribution in [2.75, 3.05) is 13.1 Å². The van der Waals surface area contributed by atoms with Crippen molar-refractivity contribution in [1.82, 2.24) is 9.88 Å². The molecule has 1 saturated heterocycles. The van der Waals surface area contributed by atoms with Gasteiger partial charge in [-0.25, -0.2) is 0 Å². The lowest BCUT2D eigenvalue weighted by molar-refractivity contribution is 0.0791. The zero-order chi connectivity index (χ0) is 12.0. The molecule has 3 heteroatoms. The van der Waals surface area contributed by atoms with E-state index in [4.69, 9.17) is 0 Å². The van der Waals surface area contributed by atoms with Crippen LogP contribution in [0, 0.1) is 6.92 Å². The average molecular weight is 220 g/mol. The summed E-state index contributed by atoms with van der Waals surface area (Å²) in [6.07, 6.45) is 3.98. The number of likely N-dealkylation sites (tertiary alicyclic amines) is 1. The van der Waals surface area contributed by atoms with Crippen LogP contribution < -0.4 is 0 Å². The van der Waals surface area contributed by atoms with Crippen molar-refractivity contribution >= 4 is 5.91 Å². The van der Waals surface area contributed by atoms with Gasteiger partial charge >= 0.3 is 0 Å². The number of aromatic nitrogens is 1. The molecule has 0 aliphatic carbocycles. The maximum atomic E-state index is 12.0. The Hall–Kier alpha value is -1.38. The summed E-state index contributed by atoms with van der Waals surface area (Å²) < 4.78 is 0. The summed E-state index contributed by atoms with van der Waals surface area (Å²) in [6, 6.07) is 3.67. The summed E-state index contributed by atoms with van der Waals surface area (Å²) in [5.41, 5.74) is 1.57. The van der Waals surface area contributed by atoms with Crippen LogP contribution in [-0.4, -0.2) is 28.9 Å². The molecule has 0 aromatic carbocycles. The molecule has 0 unspecified atom stereocenters. The Morgan fingerprint density at radius 2 is 1.94 bits per heavy atom. The molecule has 0 atom stereocenters. The van der Waals surface area contributed by atoms with Gasteiger partial charge in [0.1, 0.15) is 0 Å². The summed E-state index contributed by atoms with van der Waals surface area (Å²) in [6.45, 7) is 7.67. The minimum Gasteiger partial charge on any atom is -0.339 e. The van der Waals surface area contributed by atoms with E-state index in [1.807, 2.05) is 37.8 Å². The Balaban J connectivity index is 0.000000606. The van der Waals surface area contributed by atoms with Gasteiger partial charge in [-0.05, 0) is 31.9 Å². The third-order valence-corrected chi connectivity index (χ3v) is 2.63. The molecule has 2 rings (SSSR count). The highest BCUT2D eigenvalue weighted by Crippen LogP contribution is 2.13. The number of carbonyl (C=O) groups is 1. The molecule has 0 N–H and O–H groups in total. The highest BCUT2D eigenvalue weighted by atomic mass is 16.2. The summed E-state index contributed by atoms with van der Waals surface area (Å²) in [5.74, 6) is 0.133. The van der Waals surface area contributed by atoms with Crippen molar-refractivity contribution < 1.29 is 4.79 Å². The lowest BCUT2D eigenvalue weighted by Gasteiger charge is -2.15. The van der Waals surface area contributed by atoms with Crippen molar-refractivity contribution in [3.8, 4) is 0 Å². The fourth-order valence-corrected chi connectivity index (χ4v) is 1.80. The third-order valence-electron chi connectivity index (χ3n) is 2.63. The molecule has 16 heavy (non-hydrogen) atoms. The van der Waals surface area contributed by atoms with Gasteiger partial charge in [0.15, 0.2) is 0 Å². The van der Waals surface area contributed by atoms with Gasteiger partial charge in [0.05, 0.1) is 5.56 Å². The molecule has 1 amide bonds. The molecule has 2 heterocycles. The monoisotopic (exact) mass is 220 g/mol. The maximum Gasteiger partial charge on any atom is 0.255 e. The van der Waals surface area contributed by atoms with Gasteiger partial charge in [-0.1, -0.05) is 13.8 Å². The molecule has 1 aromatic rings. The minimum absolute atomic E-state index is 0.133. The van der Waals surface area contributed by atoms with Gasteiger partial charge in [0.25, 0.3) is 5.91 Å². The van der Waals surface area contributed by atoms with E-state index >= 15 is 0 Å². The van der Waals surface area contributed by atoms with E-state index in [1.54, 1.807) is 6.20 Å². The number of nitrogens with zero attached hydrogens (tertiary/aromatic N) is 2. The molecular formula is C13H20N2O. The predicted octanol–water partition coefficient (Wildman–Crippen LogP) is 2.65. The van der Waals surface area contributed by atoms with Gasteiger partial charge in [0.2, 0.25) is 0 Å². The van der Waals surface area contributed by atoms with Crippen molar-refractivity contribution in [2.45, 2.75) is 33.6 Å². The minimum atomic E-state index is 0.133. The summed E-state index contributed by atoms with van der Waals surface area (Å²) in [4.78, 5) is 18.0. The van der Waals surface area contributed by atoms with Crippen LogP contribution in [0.15, 0.2) is 18.3 Å². The number of carbonyl (C=O) groups excluding carboxylic acids is 1. The molecule has 1 aromatic heterocycles. The van der Waals surface area contributed by atoms with Gasteiger partial charge in [-0.15, -0.1) is 0 Å². The van der Waals surface area contributed by atoms with Gasteiger partial charge in [-0.3, -0.25) is 9.78 Å². The number of aryl methyl sites for hydroxylation is 1. The van der Waals surface area contributed by atoms with Crippen LogP contribution in [0.1, 0.15) is 42.7 Å². The van der Waals surface area contributed by atoms with Crippen LogP contribution in [-0.2, 0) is 0 Å². The number of amides is 1. The Morgan fingerprint density at radius 1 is 1.31 bits per heavy atom. The number of hydrogen-bond acceptors (Lipinski definition) is 2. The lowest BCUT2D eigenvalue weighted by Crippen LogP contribution is -2.28. The van der Waals surface area contributed by atoms with Crippen LogP contribution in [0.25, 0.3) is 0 Å². The zero-order valence-electron chi connectivity index (χ0n) is 10.4. The SMILES string of the molecule is CC.Cc1ncccc1C(=O)N1CCCC1. The second-order valence-corrected chi connectivity index (χ2v) is 3.64. The van der Waals surface area contributed by atoms with Gasteiger partial charge in [0, 0.05) is 25.0 Å². The first-order valence-electron chi connectivity index (χ1n) is 6.00. The van der Waals surface area contributed by atoms with Crippen molar-refractivity contribution in [2.24, 2.45) is 0 Å². The Labute approximate surface area is 97.5 Å². The molecule has 1 aliphatic rings. The van der Waals surface area contributed by atoms with Crippen molar-refractivity contribution in [1.29, 1.82) is 0 Å². The largest absolute Gasteiger partial charge is 0.339 e. The maximum absolute atomic E-state index is 12.0. The standard InChI is InChI=1S/C11H14N2O.C2H6/c1-9-10(5-4-6-12-9)11(14)13-7-2-3-8-13;1-2/h4-6H,2-3,7-8H2,1H3;1-2H3. The van der Waals surface area contributed by atoms with Crippen molar-refractivity contribution in [3.05, 3.63) is 29.6 Å². The molecule has 0 bridgehead atoms. The molecule has 3 nitrogen and oxygen atoms in total. The topological polar surface area (TPSA) is 33.2 Å². The molecule has 0 saturated carbocycles. The average Bonchev–Trinajstić information content (AvgIpc) is 2.85. The van der Waals surface area contributed by atoms with E-state index < -0.39 is 0 Å². The molecule has 1 fully saturated rings. The summed E-state index contributed by atoms with van der Waals surface area (Å²) >= 11 is 0. The first kappa shape index (κ1) is 12.7. The number of pyridine rings is 1. The van der Waals surface area contributed by atoms with E-state index in [-0.39, 0.29) is 5.91 Å². The Morgan fingerprint density at radius 3 is 2.50 bits per heavy atom. The van der Waals surface area contributed by atoms with E-state index in [1.165, 1.54) is 0 Å². The fourth-order valence-electron chi connectivity index (χ4n) is 1.80. The smallest absolute Gasteiger partial charge is 0.255 e. The summed E-state index contributed by atoms with van der Waals surface area (Å²) in [5, 5.41) is 0. The molecule has 0 radical (unpaired) electrons. The van der Waals surface area contributed by atoms with Crippen LogP contribution in [0.3, 0.4) is 0 Å². The van der Waals surface area contributed by atoms with Gasteiger partial charge < -0.3 is 4.90 Å². The van der Waals surface area contributed by atoms with E-state index in [9.17, 15) is 4.79 Å². The Bertz CT molecular complexity index is 344.